The first-order valence-corrected chi connectivity index (χ1v) is 14.2. The molecular weight excluding hydrogens is 504 g/mol. The highest BCUT2D eigenvalue weighted by Crippen LogP contribution is 2.55. The zero-order valence-corrected chi connectivity index (χ0v) is 22.1. The number of nitrogens with one attached hydrogen (secondary N) is 1. The minimum atomic E-state index is -4.11. The van der Waals surface area contributed by atoms with E-state index in [0.29, 0.717) is 23.7 Å². The highest BCUT2D eigenvalue weighted by Gasteiger charge is 2.60. The molecule has 2 N–H and O–H groups in total. The monoisotopic (exact) mass is 536 g/mol. The molecule has 1 aliphatic heterocycles. The molecule has 9 heteroatoms. The van der Waals surface area contributed by atoms with Crippen LogP contribution in [0.2, 0.25) is 0 Å². The standard InChI is InChI=1S/C29H32N2O6S/c1-36-23-7-9-24(10-8-23)37-25-11-13-26(14-12-25)38(34,35)29(27(32)30-33)16-15-28(21-29)17-19-31(20-18-28)22-5-3-2-4-6-22/h2-14,33H,15-21H2,1H3,(H,30,32). The van der Waals surface area contributed by atoms with Crippen LogP contribution in [0.3, 0.4) is 0 Å². The van der Waals surface area contributed by atoms with Crippen LogP contribution in [0.25, 0.3) is 0 Å². The molecule has 1 heterocycles. The summed E-state index contributed by atoms with van der Waals surface area (Å²) in [5, 5.41) is 9.59. The van der Waals surface area contributed by atoms with Gasteiger partial charge < -0.3 is 14.4 Å². The van der Waals surface area contributed by atoms with E-state index in [1.54, 1.807) is 49.0 Å². The molecule has 1 saturated heterocycles. The second kappa shape index (κ2) is 10.3. The van der Waals surface area contributed by atoms with E-state index in [0.717, 1.165) is 31.6 Å². The van der Waals surface area contributed by atoms with Crippen molar-refractivity contribution in [1.29, 1.82) is 0 Å². The Morgan fingerprint density at radius 2 is 1.42 bits per heavy atom. The van der Waals surface area contributed by atoms with Crippen LogP contribution in [0.15, 0.2) is 83.8 Å². The van der Waals surface area contributed by atoms with Crippen molar-refractivity contribution in [3.8, 4) is 17.2 Å². The van der Waals surface area contributed by atoms with Crippen LogP contribution in [-0.4, -0.2) is 44.5 Å². The number of methoxy groups -OCH3 is 1. The second-order valence-corrected chi connectivity index (χ2v) is 12.4. The highest BCUT2D eigenvalue weighted by atomic mass is 32.2. The Morgan fingerprint density at radius 1 is 0.842 bits per heavy atom. The second-order valence-electron chi connectivity index (χ2n) is 10.2. The predicted molar refractivity (Wildman–Crippen MR) is 144 cm³/mol. The smallest absolute Gasteiger partial charge is 0.265 e. The molecule has 3 aromatic rings. The molecule has 5 rings (SSSR count). The van der Waals surface area contributed by atoms with E-state index in [4.69, 9.17) is 9.47 Å². The summed E-state index contributed by atoms with van der Waals surface area (Å²) in [7, 11) is -2.53. The summed E-state index contributed by atoms with van der Waals surface area (Å²) in [4.78, 5) is 15.4. The largest absolute Gasteiger partial charge is 0.497 e. The van der Waals surface area contributed by atoms with E-state index in [9.17, 15) is 18.4 Å². The van der Waals surface area contributed by atoms with E-state index in [2.05, 4.69) is 17.0 Å². The third-order valence-electron chi connectivity index (χ3n) is 8.12. The van der Waals surface area contributed by atoms with Crippen LogP contribution in [0.5, 0.6) is 17.2 Å². The number of anilines is 1. The molecule has 0 radical (unpaired) electrons. The number of carbonyl (C=O) groups excluding carboxylic acids is 1. The molecule has 2 aliphatic rings. The summed E-state index contributed by atoms with van der Waals surface area (Å²) in [6.45, 7) is 1.58. The molecule has 1 atom stereocenters. The number of hydrogen-bond acceptors (Lipinski definition) is 7. The van der Waals surface area contributed by atoms with Gasteiger partial charge in [-0.1, -0.05) is 18.2 Å². The van der Waals surface area contributed by atoms with Gasteiger partial charge in [-0.25, -0.2) is 13.9 Å². The first kappa shape index (κ1) is 26.1. The molecule has 2 fully saturated rings. The number of hydrogen-bond donors (Lipinski definition) is 2. The van der Waals surface area contributed by atoms with Gasteiger partial charge in [0.05, 0.1) is 12.0 Å². The van der Waals surface area contributed by atoms with Crippen molar-refractivity contribution in [3.63, 3.8) is 0 Å². The number of benzene rings is 3. The number of sulfone groups is 1. The maximum atomic E-state index is 14.0. The van der Waals surface area contributed by atoms with Crippen molar-refractivity contribution in [2.75, 3.05) is 25.1 Å². The minimum Gasteiger partial charge on any atom is -0.497 e. The molecule has 200 valence electrons. The lowest BCUT2D eigenvalue weighted by Crippen LogP contribution is -2.51. The van der Waals surface area contributed by atoms with Gasteiger partial charge >= 0.3 is 0 Å². The number of carbonyl (C=O) groups is 1. The SMILES string of the molecule is COc1ccc(Oc2ccc(S(=O)(=O)C3(C(=O)NO)CCC4(CCN(c5ccccc5)CC4)C3)cc2)cc1. The van der Waals surface area contributed by atoms with Gasteiger partial charge in [0.2, 0.25) is 0 Å². The maximum Gasteiger partial charge on any atom is 0.265 e. The number of piperidine rings is 1. The van der Waals surface area contributed by atoms with Gasteiger partial charge in [0, 0.05) is 18.8 Å². The Kier molecular flexibility index (Phi) is 7.07. The quantitative estimate of drug-likeness (QED) is 0.324. The lowest BCUT2D eigenvalue weighted by atomic mass is 9.76. The fraction of sp³-hybridized carbons (Fsp3) is 0.345. The number of hydroxylamine groups is 1. The van der Waals surface area contributed by atoms with Gasteiger partial charge in [-0.2, -0.15) is 0 Å². The van der Waals surface area contributed by atoms with Gasteiger partial charge in [0.15, 0.2) is 14.6 Å². The van der Waals surface area contributed by atoms with Crippen LogP contribution in [0, 0.1) is 5.41 Å². The van der Waals surface area contributed by atoms with Crippen LogP contribution in [0.1, 0.15) is 32.1 Å². The predicted octanol–water partition coefficient (Wildman–Crippen LogP) is 4.98. The topological polar surface area (TPSA) is 105 Å². The van der Waals surface area contributed by atoms with Crippen molar-refractivity contribution in [2.24, 2.45) is 5.41 Å². The van der Waals surface area contributed by atoms with Gasteiger partial charge in [0.1, 0.15) is 17.2 Å². The Balaban J connectivity index is 1.35. The number of amides is 1. The Morgan fingerprint density at radius 3 is 2.00 bits per heavy atom. The summed E-state index contributed by atoms with van der Waals surface area (Å²) < 4.78 is 37.2. The average Bonchev–Trinajstić information content (AvgIpc) is 3.35. The van der Waals surface area contributed by atoms with Gasteiger partial charge in [-0.15, -0.1) is 0 Å². The Bertz CT molecular complexity index is 1370. The molecule has 0 bridgehead atoms. The third-order valence-corrected chi connectivity index (χ3v) is 10.6. The lowest BCUT2D eigenvalue weighted by Gasteiger charge is -2.41. The van der Waals surface area contributed by atoms with Gasteiger partial charge in [-0.05, 0) is 98.2 Å². The summed E-state index contributed by atoms with van der Waals surface area (Å²) in [5.41, 5.74) is 2.54. The normalized spacial score (nSPS) is 20.7. The third kappa shape index (κ3) is 4.72. The van der Waals surface area contributed by atoms with E-state index >= 15 is 0 Å². The molecule has 1 amide bonds. The lowest BCUT2D eigenvalue weighted by molar-refractivity contribution is -0.132. The van der Waals surface area contributed by atoms with Gasteiger partial charge in [-0.3, -0.25) is 10.0 Å². The molecule has 3 aromatic carbocycles. The zero-order chi connectivity index (χ0) is 26.8. The molecule has 38 heavy (non-hydrogen) atoms. The van der Waals surface area contributed by atoms with Crippen molar-refractivity contribution in [2.45, 2.75) is 41.7 Å². The van der Waals surface area contributed by atoms with E-state index in [1.807, 2.05) is 18.2 Å². The van der Waals surface area contributed by atoms with E-state index in [1.165, 1.54) is 12.1 Å². The molecular formula is C29H32N2O6S. The number of para-hydroxylation sites is 1. The fourth-order valence-corrected chi connectivity index (χ4v) is 8.00. The van der Waals surface area contributed by atoms with Crippen LogP contribution < -0.4 is 19.9 Å². The molecule has 1 aliphatic carbocycles. The molecule has 1 spiro atoms. The summed E-state index contributed by atoms with van der Waals surface area (Å²) in [6, 6.07) is 23.3. The minimum absolute atomic E-state index is 0.0296. The Hall–Kier alpha value is -3.56. The first-order valence-electron chi connectivity index (χ1n) is 12.7. The van der Waals surface area contributed by atoms with Crippen molar-refractivity contribution in [3.05, 3.63) is 78.9 Å². The van der Waals surface area contributed by atoms with Gasteiger partial charge in [0.25, 0.3) is 5.91 Å². The molecule has 1 saturated carbocycles. The summed E-state index contributed by atoms with van der Waals surface area (Å²) >= 11 is 0. The van der Waals surface area contributed by atoms with Crippen LogP contribution >= 0.6 is 0 Å². The van der Waals surface area contributed by atoms with Crippen LogP contribution in [0.4, 0.5) is 5.69 Å². The van der Waals surface area contributed by atoms with Crippen LogP contribution in [-0.2, 0) is 14.6 Å². The van der Waals surface area contributed by atoms with E-state index < -0.39 is 20.5 Å². The number of nitrogens with zero attached hydrogens (tertiary/aromatic N) is 1. The molecule has 0 aromatic heterocycles. The highest BCUT2D eigenvalue weighted by molar-refractivity contribution is 7.93. The van der Waals surface area contributed by atoms with Crippen molar-refractivity contribution in [1.82, 2.24) is 5.48 Å². The molecule has 1 unspecified atom stereocenters. The maximum absolute atomic E-state index is 14.0. The van der Waals surface area contributed by atoms with E-state index in [-0.39, 0.29) is 23.2 Å². The Labute approximate surface area is 223 Å². The van der Waals surface area contributed by atoms with Crippen molar-refractivity contribution >= 4 is 21.4 Å². The zero-order valence-electron chi connectivity index (χ0n) is 21.3. The fourth-order valence-electron chi connectivity index (χ4n) is 5.89. The summed E-state index contributed by atoms with van der Waals surface area (Å²) in [6.07, 6.45) is 2.53. The first-order chi connectivity index (χ1) is 18.3. The summed E-state index contributed by atoms with van der Waals surface area (Å²) in [5.74, 6) is 0.882. The average molecular weight is 537 g/mol. The van der Waals surface area contributed by atoms with Crippen molar-refractivity contribution < 1.29 is 27.9 Å². The number of ether oxygens (including phenoxy) is 2. The molecule has 8 nitrogen and oxygen atoms in total. The number of rotatable bonds is 7.